The van der Waals surface area contributed by atoms with Crippen molar-refractivity contribution in [2.24, 2.45) is 0 Å². The van der Waals surface area contributed by atoms with E-state index in [1.54, 1.807) is 53.6 Å². The molecule has 10 nitrogen and oxygen atoms in total. The maximum absolute atomic E-state index is 13.8. The first-order chi connectivity index (χ1) is 18.8. The highest BCUT2D eigenvalue weighted by Gasteiger charge is 2.57. The van der Waals surface area contributed by atoms with Crippen LogP contribution in [0.3, 0.4) is 0 Å². The van der Waals surface area contributed by atoms with Crippen molar-refractivity contribution >= 4 is 11.9 Å². The number of likely N-dealkylation sites (N-methyl/N-ethyl adjacent to an activating group) is 1. The van der Waals surface area contributed by atoms with Gasteiger partial charge < -0.3 is 28.6 Å². The number of benzene rings is 2. The van der Waals surface area contributed by atoms with Crippen LogP contribution in [-0.4, -0.2) is 94.5 Å². The molecule has 2 saturated heterocycles. The van der Waals surface area contributed by atoms with Gasteiger partial charge in [0.05, 0.1) is 35.0 Å². The molecule has 214 valence electrons. The molecule has 2 fully saturated rings. The summed E-state index contributed by atoms with van der Waals surface area (Å²) in [6, 6.07) is 11.0. The first-order valence-electron chi connectivity index (χ1n) is 13.0. The lowest BCUT2D eigenvalue weighted by molar-refractivity contribution is -0.136. The number of piperidine rings is 1. The molecule has 0 aliphatic carbocycles. The maximum Gasteiger partial charge on any atom is 0.327 e. The Morgan fingerprint density at radius 2 is 1.10 bits per heavy atom. The van der Waals surface area contributed by atoms with Crippen molar-refractivity contribution in [1.29, 1.82) is 0 Å². The quantitative estimate of drug-likeness (QED) is 0.441. The smallest absolute Gasteiger partial charge is 0.327 e. The van der Waals surface area contributed by atoms with Gasteiger partial charge in [-0.2, -0.15) is 0 Å². The molecule has 10 heteroatoms. The number of rotatable bonds is 9. The number of ether oxygens (including phenoxy) is 5. The van der Waals surface area contributed by atoms with Crippen molar-refractivity contribution in [3.05, 3.63) is 47.5 Å². The molecule has 2 heterocycles. The van der Waals surface area contributed by atoms with E-state index in [1.165, 1.54) is 4.90 Å². The lowest BCUT2D eigenvalue weighted by Crippen LogP contribution is -2.56. The summed E-state index contributed by atoms with van der Waals surface area (Å²) in [6.45, 7) is 4.71. The van der Waals surface area contributed by atoms with Crippen molar-refractivity contribution in [2.45, 2.75) is 38.4 Å². The average molecular weight is 544 g/mol. The maximum atomic E-state index is 13.8. The standard InChI is InChI=1S/C27H35N3O6.C2H6O/c1-6-30-26(32)29(18-20-13-23(35-4)16-24(14-20)36-5)25(31)27(30)7-9-28(10-8-27)17-19-11-21(33-2)15-22(12-19)34-3;1-3-2/h11-16H,6-10,17-18H2,1-5H3;1-2H3. The molecule has 0 aromatic heterocycles. The highest BCUT2D eigenvalue weighted by molar-refractivity contribution is 6.07. The molecule has 0 radical (unpaired) electrons. The van der Waals surface area contributed by atoms with Crippen LogP contribution in [0.2, 0.25) is 0 Å². The topological polar surface area (TPSA) is 90.0 Å². The molecule has 39 heavy (non-hydrogen) atoms. The Morgan fingerprint density at radius 1 is 0.692 bits per heavy atom. The Hall–Kier alpha value is -3.50. The molecule has 2 aliphatic heterocycles. The fourth-order valence-corrected chi connectivity index (χ4v) is 5.28. The number of hydrogen-bond donors (Lipinski definition) is 0. The van der Waals surface area contributed by atoms with Gasteiger partial charge in [-0.3, -0.25) is 14.6 Å². The number of likely N-dealkylation sites (tertiary alicyclic amines) is 1. The Kier molecular flexibility index (Phi) is 10.4. The predicted octanol–water partition coefficient (Wildman–Crippen LogP) is 3.80. The van der Waals surface area contributed by atoms with E-state index in [2.05, 4.69) is 9.64 Å². The zero-order valence-corrected chi connectivity index (χ0v) is 24.1. The van der Waals surface area contributed by atoms with E-state index in [0.717, 1.165) is 22.6 Å². The van der Waals surface area contributed by atoms with Gasteiger partial charge in [-0.1, -0.05) is 0 Å². The molecular formula is C29H41N3O7. The first-order valence-corrected chi connectivity index (χ1v) is 13.0. The Balaban J connectivity index is 0.00000134. The van der Waals surface area contributed by atoms with E-state index < -0.39 is 5.54 Å². The molecule has 0 saturated carbocycles. The fraction of sp³-hybridized carbons (Fsp3) is 0.517. The van der Waals surface area contributed by atoms with Gasteiger partial charge in [0.2, 0.25) is 0 Å². The summed E-state index contributed by atoms with van der Waals surface area (Å²) in [6.07, 6.45) is 1.18. The van der Waals surface area contributed by atoms with Crippen molar-refractivity contribution in [3.63, 3.8) is 0 Å². The van der Waals surface area contributed by atoms with E-state index >= 15 is 0 Å². The van der Waals surface area contributed by atoms with Crippen LogP contribution in [0.15, 0.2) is 36.4 Å². The molecule has 4 rings (SSSR count). The largest absolute Gasteiger partial charge is 0.497 e. The van der Waals surface area contributed by atoms with Crippen molar-refractivity contribution < 1.29 is 33.3 Å². The summed E-state index contributed by atoms with van der Waals surface area (Å²) >= 11 is 0. The second kappa shape index (κ2) is 13.5. The number of amides is 3. The van der Waals surface area contributed by atoms with Crippen LogP contribution in [-0.2, 0) is 22.6 Å². The lowest BCUT2D eigenvalue weighted by Gasteiger charge is -2.42. The summed E-state index contributed by atoms with van der Waals surface area (Å²) in [5.74, 6) is 2.60. The molecule has 0 atom stereocenters. The lowest BCUT2D eigenvalue weighted by atomic mass is 9.85. The minimum absolute atomic E-state index is 0.126. The summed E-state index contributed by atoms with van der Waals surface area (Å²) in [5.41, 5.74) is 1.06. The van der Waals surface area contributed by atoms with E-state index in [0.29, 0.717) is 50.5 Å². The number of nitrogens with zero attached hydrogens (tertiary/aromatic N) is 3. The van der Waals surface area contributed by atoms with E-state index in [9.17, 15) is 9.59 Å². The molecule has 2 aliphatic rings. The number of methoxy groups -OCH3 is 5. The first kappa shape index (κ1) is 30.0. The Labute approximate surface area is 231 Å². The monoisotopic (exact) mass is 543 g/mol. The van der Waals surface area contributed by atoms with Crippen LogP contribution < -0.4 is 18.9 Å². The van der Waals surface area contributed by atoms with Crippen LogP contribution in [0, 0.1) is 0 Å². The molecule has 3 amide bonds. The number of carbonyl (C=O) groups is 2. The van der Waals surface area contributed by atoms with Crippen LogP contribution in [0.5, 0.6) is 23.0 Å². The average Bonchev–Trinajstić information content (AvgIpc) is 3.14. The molecule has 2 aromatic carbocycles. The second-order valence-corrected chi connectivity index (χ2v) is 9.58. The van der Waals surface area contributed by atoms with Crippen LogP contribution in [0.1, 0.15) is 30.9 Å². The van der Waals surface area contributed by atoms with Gasteiger partial charge in [-0.25, -0.2) is 4.79 Å². The summed E-state index contributed by atoms with van der Waals surface area (Å²) in [7, 11) is 9.68. The van der Waals surface area contributed by atoms with Crippen LogP contribution in [0.25, 0.3) is 0 Å². The van der Waals surface area contributed by atoms with Gasteiger partial charge in [0.1, 0.15) is 28.5 Å². The number of carbonyl (C=O) groups excluding carboxylic acids is 2. The summed E-state index contributed by atoms with van der Waals surface area (Å²) < 4.78 is 25.8. The molecular weight excluding hydrogens is 502 g/mol. The zero-order valence-electron chi connectivity index (χ0n) is 24.1. The van der Waals surface area contributed by atoms with E-state index in [1.807, 2.05) is 37.3 Å². The van der Waals surface area contributed by atoms with Crippen molar-refractivity contribution in [1.82, 2.24) is 14.7 Å². The van der Waals surface area contributed by atoms with Crippen molar-refractivity contribution in [3.8, 4) is 23.0 Å². The highest BCUT2D eigenvalue weighted by atomic mass is 16.5. The van der Waals surface area contributed by atoms with Gasteiger partial charge in [-0.15, -0.1) is 0 Å². The highest BCUT2D eigenvalue weighted by Crippen LogP contribution is 2.39. The summed E-state index contributed by atoms with van der Waals surface area (Å²) in [4.78, 5) is 32.6. The van der Waals surface area contributed by atoms with Crippen LogP contribution in [0.4, 0.5) is 4.79 Å². The third kappa shape index (κ3) is 6.57. The van der Waals surface area contributed by atoms with Crippen LogP contribution >= 0.6 is 0 Å². The van der Waals surface area contributed by atoms with Gasteiger partial charge in [0.15, 0.2) is 0 Å². The molecule has 0 bridgehead atoms. The van der Waals surface area contributed by atoms with Gasteiger partial charge in [0, 0.05) is 52.5 Å². The molecule has 0 unspecified atom stereocenters. The normalized spacial score (nSPS) is 16.7. The summed E-state index contributed by atoms with van der Waals surface area (Å²) in [5, 5.41) is 0. The number of imide groups is 1. The minimum atomic E-state index is -0.808. The van der Waals surface area contributed by atoms with Crippen molar-refractivity contribution in [2.75, 3.05) is 62.3 Å². The minimum Gasteiger partial charge on any atom is -0.497 e. The third-order valence-electron chi connectivity index (χ3n) is 7.19. The van der Waals surface area contributed by atoms with Gasteiger partial charge in [-0.05, 0) is 55.2 Å². The van der Waals surface area contributed by atoms with E-state index in [4.69, 9.17) is 18.9 Å². The third-order valence-corrected chi connectivity index (χ3v) is 7.19. The molecule has 1 spiro atoms. The zero-order chi connectivity index (χ0) is 28.6. The SMILES string of the molecule is CCN1C(=O)N(Cc2cc(OC)cc(OC)c2)C(=O)C12CCN(Cc1cc(OC)cc(OC)c1)CC2.COC. The van der Waals surface area contributed by atoms with E-state index in [-0.39, 0.29) is 18.5 Å². The molecule has 2 aromatic rings. The Bertz CT molecular complexity index is 1090. The Morgan fingerprint density at radius 3 is 1.49 bits per heavy atom. The number of hydrogen-bond acceptors (Lipinski definition) is 8. The van der Waals surface area contributed by atoms with Gasteiger partial charge >= 0.3 is 6.03 Å². The number of urea groups is 1. The fourth-order valence-electron chi connectivity index (χ4n) is 5.28. The molecule has 0 N–H and O–H groups in total. The van der Waals surface area contributed by atoms with Gasteiger partial charge in [0.25, 0.3) is 5.91 Å². The predicted molar refractivity (Wildman–Crippen MR) is 148 cm³/mol. The second-order valence-electron chi connectivity index (χ2n) is 9.58.